The Hall–Kier alpha value is -3.47. The molecule has 0 saturated heterocycles. The van der Waals surface area contributed by atoms with E-state index in [0.717, 1.165) is 21.7 Å². The van der Waals surface area contributed by atoms with E-state index in [1.807, 2.05) is 37.3 Å². The largest absolute Gasteiger partial charge is 0.506 e. The van der Waals surface area contributed by atoms with Crippen molar-refractivity contribution in [2.45, 2.75) is 6.92 Å². The summed E-state index contributed by atoms with van der Waals surface area (Å²) in [7, 11) is 1.59. The predicted octanol–water partition coefficient (Wildman–Crippen LogP) is 4.86. The van der Waals surface area contributed by atoms with Crippen LogP contribution in [0.3, 0.4) is 0 Å². The highest BCUT2D eigenvalue weighted by Gasteiger charge is 2.20. The summed E-state index contributed by atoms with van der Waals surface area (Å²) in [6, 6.07) is 16.3. The molecule has 1 amide bonds. The molecular weight excluding hydrogens is 330 g/mol. The molecule has 1 heterocycles. The number of phenolic OH excluding ortho intramolecular Hbond substituents is 1. The van der Waals surface area contributed by atoms with E-state index < -0.39 is 5.91 Å². The molecule has 1 aromatic heterocycles. The molecule has 0 saturated carbocycles. The van der Waals surface area contributed by atoms with Crippen molar-refractivity contribution in [2.75, 3.05) is 12.4 Å². The number of rotatable bonds is 3. The van der Waals surface area contributed by atoms with Gasteiger partial charge < -0.3 is 19.6 Å². The smallest absolute Gasteiger partial charge is 0.291 e. The third-order valence-corrected chi connectivity index (χ3v) is 4.50. The number of hydrogen-bond acceptors (Lipinski definition) is 4. The van der Waals surface area contributed by atoms with E-state index in [-0.39, 0.29) is 11.5 Å². The van der Waals surface area contributed by atoms with Crippen molar-refractivity contribution in [1.82, 2.24) is 0 Å². The average molecular weight is 347 g/mol. The highest BCUT2D eigenvalue weighted by Crippen LogP contribution is 2.34. The highest BCUT2D eigenvalue weighted by atomic mass is 16.5. The van der Waals surface area contributed by atoms with Crippen LogP contribution < -0.4 is 10.1 Å². The number of aromatic hydroxyl groups is 1. The lowest BCUT2D eigenvalue weighted by Gasteiger charge is -2.10. The number of phenols is 1. The molecule has 2 N–H and O–H groups in total. The fourth-order valence-electron chi connectivity index (χ4n) is 3.11. The Labute approximate surface area is 149 Å². The summed E-state index contributed by atoms with van der Waals surface area (Å²) >= 11 is 0. The summed E-state index contributed by atoms with van der Waals surface area (Å²) in [5, 5.41) is 15.5. The molecule has 0 aliphatic heterocycles. The SMILES string of the molecule is COc1ccc2oc(C(=O)Nc3c(O)ccc4ccccc34)c(C)c2c1. The summed E-state index contributed by atoms with van der Waals surface area (Å²) in [5.74, 6) is 0.498. The van der Waals surface area contributed by atoms with Gasteiger partial charge in [-0.25, -0.2) is 0 Å². The number of benzene rings is 3. The fourth-order valence-corrected chi connectivity index (χ4v) is 3.11. The molecule has 0 unspecified atom stereocenters. The molecule has 5 heteroatoms. The molecule has 0 aliphatic carbocycles. The van der Waals surface area contributed by atoms with Gasteiger partial charge in [0.15, 0.2) is 5.76 Å². The Morgan fingerprint density at radius 2 is 1.88 bits per heavy atom. The van der Waals surface area contributed by atoms with Crippen LogP contribution in [0.2, 0.25) is 0 Å². The lowest BCUT2D eigenvalue weighted by molar-refractivity contribution is 0.0997. The van der Waals surface area contributed by atoms with Crippen LogP contribution in [0.1, 0.15) is 16.1 Å². The number of ether oxygens (including phenoxy) is 1. The molecule has 0 aliphatic rings. The van der Waals surface area contributed by atoms with Crippen LogP contribution in [0.25, 0.3) is 21.7 Å². The Kier molecular flexibility index (Phi) is 3.77. The van der Waals surface area contributed by atoms with Gasteiger partial charge in [-0.2, -0.15) is 0 Å². The van der Waals surface area contributed by atoms with Gasteiger partial charge in [-0.1, -0.05) is 30.3 Å². The quantitative estimate of drug-likeness (QED) is 0.519. The van der Waals surface area contributed by atoms with Gasteiger partial charge in [-0.3, -0.25) is 4.79 Å². The Bertz CT molecular complexity index is 1140. The fraction of sp³-hybridized carbons (Fsp3) is 0.0952. The normalized spacial score (nSPS) is 11.0. The van der Waals surface area contributed by atoms with Crippen molar-refractivity contribution in [3.05, 3.63) is 65.9 Å². The van der Waals surface area contributed by atoms with Crippen LogP contribution in [-0.2, 0) is 0 Å². The minimum Gasteiger partial charge on any atom is -0.506 e. The first-order valence-electron chi connectivity index (χ1n) is 8.17. The number of nitrogens with one attached hydrogen (secondary N) is 1. The van der Waals surface area contributed by atoms with Crippen LogP contribution in [0.5, 0.6) is 11.5 Å². The maximum absolute atomic E-state index is 12.8. The van der Waals surface area contributed by atoms with Gasteiger partial charge >= 0.3 is 0 Å². The monoisotopic (exact) mass is 347 g/mol. The number of carbonyl (C=O) groups is 1. The molecule has 4 aromatic rings. The summed E-state index contributed by atoms with van der Waals surface area (Å²) < 4.78 is 11.0. The molecule has 4 rings (SSSR count). The third kappa shape index (κ3) is 2.54. The van der Waals surface area contributed by atoms with E-state index in [1.54, 1.807) is 31.4 Å². The van der Waals surface area contributed by atoms with Crippen molar-refractivity contribution >= 4 is 33.3 Å². The molecule has 5 nitrogen and oxygen atoms in total. The molecule has 130 valence electrons. The Balaban J connectivity index is 1.77. The van der Waals surface area contributed by atoms with E-state index in [4.69, 9.17) is 9.15 Å². The van der Waals surface area contributed by atoms with Crippen LogP contribution in [-0.4, -0.2) is 18.1 Å². The minimum absolute atomic E-state index is 0.00693. The first-order chi connectivity index (χ1) is 12.6. The molecule has 0 atom stereocenters. The average Bonchev–Trinajstić information content (AvgIpc) is 3.00. The van der Waals surface area contributed by atoms with Crippen molar-refractivity contribution in [3.63, 3.8) is 0 Å². The summed E-state index contributed by atoms with van der Waals surface area (Å²) in [6.45, 7) is 1.82. The van der Waals surface area contributed by atoms with Gasteiger partial charge in [-0.15, -0.1) is 0 Å². The third-order valence-electron chi connectivity index (χ3n) is 4.50. The summed E-state index contributed by atoms with van der Waals surface area (Å²) in [6.07, 6.45) is 0. The number of anilines is 1. The molecule has 0 radical (unpaired) electrons. The second-order valence-corrected chi connectivity index (χ2v) is 6.05. The first kappa shape index (κ1) is 16.0. The van der Waals surface area contributed by atoms with Gasteiger partial charge in [-0.05, 0) is 36.6 Å². The topological polar surface area (TPSA) is 71.7 Å². The number of furan rings is 1. The number of amides is 1. The number of aryl methyl sites for hydroxylation is 1. The molecule has 26 heavy (non-hydrogen) atoms. The Morgan fingerprint density at radius 1 is 1.08 bits per heavy atom. The standard InChI is InChI=1S/C21H17NO4/c1-12-16-11-14(25-2)8-10-18(16)26-20(12)21(24)22-19-15-6-4-3-5-13(15)7-9-17(19)23/h3-11,23H,1-2H3,(H,22,24). The van der Waals surface area contributed by atoms with E-state index in [1.165, 1.54) is 0 Å². The maximum atomic E-state index is 12.8. The van der Waals surface area contributed by atoms with Crippen molar-refractivity contribution < 1.29 is 19.1 Å². The number of hydrogen-bond donors (Lipinski definition) is 2. The van der Waals surface area contributed by atoms with Crippen molar-refractivity contribution in [1.29, 1.82) is 0 Å². The zero-order valence-corrected chi connectivity index (χ0v) is 14.4. The highest BCUT2D eigenvalue weighted by molar-refractivity contribution is 6.11. The van der Waals surface area contributed by atoms with Gasteiger partial charge in [0, 0.05) is 16.3 Å². The van der Waals surface area contributed by atoms with Crippen molar-refractivity contribution in [2.24, 2.45) is 0 Å². The summed E-state index contributed by atoms with van der Waals surface area (Å²) in [5.41, 5.74) is 1.69. The summed E-state index contributed by atoms with van der Waals surface area (Å²) in [4.78, 5) is 12.8. The van der Waals surface area contributed by atoms with Gasteiger partial charge in [0.2, 0.25) is 0 Å². The van der Waals surface area contributed by atoms with E-state index in [2.05, 4.69) is 5.32 Å². The lowest BCUT2D eigenvalue weighted by Crippen LogP contribution is -2.12. The number of fused-ring (bicyclic) bond motifs is 2. The van der Waals surface area contributed by atoms with Gasteiger partial charge in [0.05, 0.1) is 12.8 Å². The first-order valence-corrected chi connectivity index (χ1v) is 8.17. The van der Waals surface area contributed by atoms with Crippen LogP contribution in [0.4, 0.5) is 5.69 Å². The van der Waals surface area contributed by atoms with Crippen LogP contribution in [0, 0.1) is 6.92 Å². The minimum atomic E-state index is -0.413. The van der Waals surface area contributed by atoms with Crippen LogP contribution >= 0.6 is 0 Å². The molecule has 0 fully saturated rings. The van der Waals surface area contributed by atoms with E-state index in [0.29, 0.717) is 17.0 Å². The molecular formula is C21H17NO4. The second-order valence-electron chi connectivity index (χ2n) is 6.05. The zero-order valence-electron chi connectivity index (χ0n) is 14.4. The van der Waals surface area contributed by atoms with Crippen LogP contribution in [0.15, 0.2) is 59.0 Å². The molecule has 3 aromatic carbocycles. The molecule has 0 spiro atoms. The van der Waals surface area contributed by atoms with E-state index >= 15 is 0 Å². The zero-order chi connectivity index (χ0) is 18.3. The Morgan fingerprint density at radius 3 is 2.69 bits per heavy atom. The van der Waals surface area contributed by atoms with E-state index in [9.17, 15) is 9.90 Å². The maximum Gasteiger partial charge on any atom is 0.291 e. The predicted molar refractivity (Wildman–Crippen MR) is 101 cm³/mol. The van der Waals surface area contributed by atoms with Gasteiger partial charge in [0.1, 0.15) is 17.1 Å². The molecule has 0 bridgehead atoms. The lowest BCUT2D eigenvalue weighted by atomic mass is 10.1. The number of carbonyl (C=O) groups excluding carboxylic acids is 1. The second kappa shape index (κ2) is 6.11. The number of methoxy groups -OCH3 is 1. The van der Waals surface area contributed by atoms with Crippen molar-refractivity contribution in [3.8, 4) is 11.5 Å². The van der Waals surface area contributed by atoms with Gasteiger partial charge in [0.25, 0.3) is 5.91 Å².